The van der Waals surface area contributed by atoms with E-state index in [0.717, 1.165) is 47.0 Å². The van der Waals surface area contributed by atoms with Crippen LogP contribution in [0.2, 0.25) is 5.02 Å². The van der Waals surface area contributed by atoms with E-state index in [2.05, 4.69) is 22.5 Å². The highest BCUT2D eigenvalue weighted by Crippen LogP contribution is 2.39. The lowest BCUT2D eigenvalue weighted by molar-refractivity contribution is 0.0995. The van der Waals surface area contributed by atoms with Crippen LogP contribution in [0, 0.1) is 0 Å². The number of benzene rings is 2. The minimum atomic E-state index is -0.366. The molecule has 1 aromatic heterocycles. The smallest absolute Gasteiger partial charge is 0.133 e. The molecule has 5 nitrogen and oxygen atoms in total. The second-order valence-corrected chi connectivity index (χ2v) is 7.39. The quantitative estimate of drug-likeness (QED) is 0.667. The van der Waals surface area contributed by atoms with Crippen LogP contribution in [0.4, 0.5) is 0 Å². The largest absolute Gasteiger partial charge is 0.497 e. The number of aromatic nitrogens is 3. The van der Waals surface area contributed by atoms with Crippen molar-refractivity contribution in [3.63, 3.8) is 0 Å². The fourth-order valence-electron chi connectivity index (χ4n) is 3.82. The lowest BCUT2D eigenvalue weighted by Gasteiger charge is -2.37. The van der Waals surface area contributed by atoms with Gasteiger partial charge in [0.25, 0.3) is 0 Å². The van der Waals surface area contributed by atoms with Crippen LogP contribution in [0.1, 0.15) is 23.4 Å². The van der Waals surface area contributed by atoms with Crippen molar-refractivity contribution in [2.24, 2.45) is 0 Å². The Kier molecular flexibility index (Phi) is 3.72. The summed E-state index contributed by atoms with van der Waals surface area (Å²) in [7, 11) is 1.66. The Hall–Kier alpha value is -2.79. The summed E-state index contributed by atoms with van der Waals surface area (Å²) in [5.74, 6) is 1.69. The standard InChI is InChI=1S/C21H18ClN3O2/c1-26-17-5-3-16(4-6-17)25-19-9-11-21(13-18(19)23-24-25)10-8-14-12-15(22)2-7-20(14)27-21/h2-8,10,12H,9,11,13H2,1H3. The first kappa shape index (κ1) is 16.4. The molecule has 1 aliphatic heterocycles. The average molecular weight is 380 g/mol. The van der Waals surface area contributed by atoms with Crippen molar-refractivity contribution in [2.45, 2.75) is 24.9 Å². The maximum atomic E-state index is 6.38. The molecule has 2 aliphatic rings. The predicted octanol–water partition coefficient (Wildman–Crippen LogP) is 4.26. The molecule has 0 N–H and O–H groups in total. The molecule has 27 heavy (non-hydrogen) atoms. The van der Waals surface area contributed by atoms with Gasteiger partial charge < -0.3 is 9.47 Å². The summed E-state index contributed by atoms with van der Waals surface area (Å²) in [5.41, 5.74) is 3.76. The summed E-state index contributed by atoms with van der Waals surface area (Å²) >= 11 is 6.08. The molecular formula is C21H18ClN3O2. The van der Waals surface area contributed by atoms with E-state index >= 15 is 0 Å². The summed E-state index contributed by atoms with van der Waals surface area (Å²) in [4.78, 5) is 0. The van der Waals surface area contributed by atoms with Gasteiger partial charge in [-0.05, 0) is 61.4 Å². The Balaban J connectivity index is 1.45. The lowest BCUT2D eigenvalue weighted by atomic mass is 9.83. The molecule has 0 saturated heterocycles. The van der Waals surface area contributed by atoms with Crippen LogP contribution < -0.4 is 9.47 Å². The van der Waals surface area contributed by atoms with Crippen molar-refractivity contribution in [1.29, 1.82) is 0 Å². The van der Waals surface area contributed by atoms with Crippen LogP contribution in [-0.2, 0) is 12.8 Å². The highest BCUT2D eigenvalue weighted by molar-refractivity contribution is 6.30. The third-order valence-corrected chi connectivity index (χ3v) is 5.50. The van der Waals surface area contributed by atoms with Crippen molar-refractivity contribution in [1.82, 2.24) is 15.0 Å². The zero-order valence-electron chi connectivity index (χ0n) is 14.9. The number of ether oxygens (including phenoxy) is 2. The Morgan fingerprint density at radius 1 is 1.19 bits per heavy atom. The van der Waals surface area contributed by atoms with Gasteiger partial charge in [0.15, 0.2) is 0 Å². The van der Waals surface area contributed by atoms with Crippen LogP contribution in [-0.4, -0.2) is 27.7 Å². The molecule has 136 valence electrons. The fourth-order valence-corrected chi connectivity index (χ4v) is 4.00. The molecule has 0 saturated carbocycles. The number of methoxy groups -OCH3 is 1. The minimum absolute atomic E-state index is 0.366. The van der Waals surface area contributed by atoms with Crippen LogP contribution in [0.3, 0.4) is 0 Å². The van der Waals surface area contributed by atoms with Crippen LogP contribution in [0.15, 0.2) is 48.5 Å². The van der Waals surface area contributed by atoms with Gasteiger partial charge in [-0.2, -0.15) is 0 Å². The summed E-state index contributed by atoms with van der Waals surface area (Å²) in [6.07, 6.45) is 6.67. The third-order valence-electron chi connectivity index (χ3n) is 5.26. The van der Waals surface area contributed by atoms with Gasteiger partial charge in [0.1, 0.15) is 17.1 Å². The van der Waals surface area contributed by atoms with Gasteiger partial charge in [0, 0.05) is 17.0 Å². The SMILES string of the molecule is COc1ccc(-n2nnc3c2CCC2(C=Cc4cc(Cl)ccc4O2)C3)cc1. The van der Waals surface area contributed by atoms with Crippen molar-refractivity contribution >= 4 is 17.7 Å². The third kappa shape index (κ3) is 2.79. The highest BCUT2D eigenvalue weighted by atomic mass is 35.5. The van der Waals surface area contributed by atoms with E-state index in [9.17, 15) is 0 Å². The van der Waals surface area contributed by atoms with Crippen LogP contribution in [0.25, 0.3) is 11.8 Å². The van der Waals surface area contributed by atoms with Gasteiger partial charge in [0.05, 0.1) is 24.2 Å². The van der Waals surface area contributed by atoms with Crippen molar-refractivity contribution < 1.29 is 9.47 Å². The molecule has 0 amide bonds. The number of fused-ring (bicyclic) bond motifs is 2. The topological polar surface area (TPSA) is 49.2 Å². The van der Waals surface area contributed by atoms with E-state index in [-0.39, 0.29) is 5.60 Å². The Morgan fingerprint density at radius 3 is 2.85 bits per heavy atom. The van der Waals surface area contributed by atoms with Gasteiger partial charge in [-0.25, -0.2) is 4.68 Å². The molecule has 3 aromatic rings. The monoisotopic (exact) mass is 379 g/mol. The predicted molar refractivity (Wildman–Crippen MR) is 104 cm³/mol. The number of hydrogen-bond acceptors (Lipinski definition) is 4. The Bertz CT molecular complexity index is 1040. The van der Waals surface area contributed by atoms with Gasteiger partial charge >= 0.3 is 0 Å². The van der Waals surface area contributed by atoms with Crippen molar-refractivity contribution in [3.8, 4) is 17.2 Å². The van der Waals surface area contributed by atoms with Crippen LogP contribution in [0.5, 0.6) is 11.5 Å². The summed E-state index contributed by atoms with van der Waals surface area (Å²) in [6.45, 7) is 0. The first-order valence-corrected chi connectivity index (χ1v) is 9.29. The number of halogens is 1. The summed E-state index contributed by atoms with van der Waals surface area (Å²) in [5, 5.41) is 9.54. The zero-order chi connectivity index (χ0) is 18.4. The normalized spacial score (nSPS) is 20.1. The molecule has 2 aromatic carbocycles. The highest BCUT2D eigenvalue weighted by Gasteiger charge is 2.39. The second kappa shape index (κ2) is 6.13. The number of rotatable bonds is 2. The summed E-state index contributed by atoms with van der Waals surface area (Å²) in [6, 6.07) is 13.6. The first-order chi connectivity index (χ1) is 13.2. The minimum Gasteiger partial charge on any atom is -0.497 e. The van der Waals surface area contributed by atoms with E-state index in [4.69, 9.17) is 21.1 Å². The molecule has 0 radical (unpaired) electrons. The van der Waals surface area contributed by atoms with Gasteiger partial charge in [-0.1, -0.05) is 22.9 Å². The van der Waals surface area contributed by atoms with E-state index in [1.54, 1.807) is 7.11 Å². The molecule has 1 unspecified atom stereocenters. The molecule has 5 rings (SSSR count). The summed E-state index contributed by atoms with van der Waals surface area (Å²) < 4.78 is 13.5. The van der Waals surface area contributed by atoms with E-state index < -0.39 is 0 Å². The molecule has 0 bridgehead atoms. The Labute approximate surface area is 162 Å². The van der Waals surface area contributed by atoms with Crippen LogP contribution >= 0.6 is 11.6 Å². The fraction of sp³-hybridized carbons (Fsp3) is 0.238. The van der Waals surface area contributed by atoms with Gasteiger partial charge in [0.2, 0.25) is 0 Å². The molecular weight excluding hydrogens is 362 g/mol. The van der Waals surface area contributed by atoms with Crippen molar-refractivity contribution in [3.05, 3.63) is 70.5 Å². The zero-order valence-corrected chi connectivity index (χ0v) is 15.6. The number of nitrogens with zero attached hydrogens (tertiary/aromatic N) is 3. The average Bonchev–Trinajstić information content (AvgIpc) is 3.11. The molecule has 6 heteroatoms. The molecule has 1 spiro atoms. The Morgan fingerprint density at radius 2 is 2.04 bits per heavy atom. The number of hydrogen-bond donors (Lipinski definition) is 0. The van der Waals surface area contributed by atoms with Crippen molar-refractivity contribution in [2.75, 3.05) is 7.11 Å². The van der Waals surface area contributed by atoms with E-state index in [1.165, 1.54) is 0 Å². The molecule has 2 heterocycles. The van der Waals surface area contributed by atoms with Gasteiger partial charge in [-0.3, -0.25) is 0 Å². The molecule has 1 aliphatic carbocycles. The second-order valence-electron chi connectivity index (χ2n) is 6.95. The molecule has 0 fully saturated rings. The maximum absolute atomic E-state index is 6.38. The lowest BCUT2D eigenvalue weighted by Crippen LogP contribution is -2.41. The molecule has 1 atom stereocenters. The van der Waals surface area contributed by atoms with E-state index in [1.807, 2.05) is 47.1 Å². The van der Waals surface area contributed by atoms with E-state index in [0.29, 0.717) is 11.4 Å². The van der Waals surface area contributed by atoms with Gasteiger partial charge in [-0.15, -0.1) is 5.10 Å². The maximum Gasteiger partial charge on any atom is 0.133 e. The first-order valence-electron chi connectivity index (χ1n) is 8.91.